The number of fused-ring (bicyclic) bond motifs is 7. The summed E-state index contributed by atoms with van der Waals surface area (Å²) in [5.41, 5.74) is 14.8. The first-order valence-corrected chi connectivity index (χ1v) is 10.1. The van der Waals surface area contributed by atoms with Crippen LogP contribution in [0.2, 0.25) is 0 Å². The van der Waals surface area contributed by atoms with Gasteiger partial charge in [-0.15, -0.1) is 0 Å². The van der Waals surface area contributed by atoms with Gasteiger partial charge in [0.05, 0.1) is 11.4 Å². The Morgan fingerprint density at radius 1 is 1.00 bits per heavy atom. The van der Waals surface area contributed by atoms with E-state index in [1.165, 1.54) is 5.57 Å². The number of nitrogens with two attached hydrogens (primary N) is 1. The SMILES string of the molecule is C=C1/C=C\C=C2\C(/C=C3/C=CC=CC3)=C(N)N2c2ccc3oc4ccccc4c3c21. The third-order valence-corrected chi connectivity index (χ3v) is 5.91. The molecule has 3 nitrogen and oxygen atoms in total. The average Bonchev–Trinajstić information content (AvgIpc) is 3.14. The lowest BCUT2D eigenvalue weighted by atomic mass is 9.91. The Morgan fingerprint density at radius 3 is 2.77 bits per heavy atom. The van der Waals surface area contributed by atoms with Crippen molar-refractivity contribution in [3.63, 3.8) is 0 Å². The smallest absolute Gasteiger partial charge is 0.136 e. The van der Waals surface area contributed by atoms with E-state index in [0.717, 1.165) is 62.3 Å². The highest BCUT2D eigenvalue weighted by Crippen LogP contribution is 2.47. The number of nitrogens with zero attached hydrogens (tertiary/aromatic N) is 1. The largest absolute Gasteiger partial charge is 0.456 e. The molecule has 0 saturated heterocycles. The summed E-state index contributed by atoms with van der Waals surface area (Å²) in [5, 5.41) is 2.17. The van der Waals surface area contributed by atoms with Crippen LogP contribution in [-0.4, -0.2) is 0 Å². The van der Waals surface area contributed by atoms with Crippen LogP contribution < -0.4 is 10.6 Å². The molecular formula is C27H20N2O. The summed E-state index contributed by atoms with van der Waals surface area (Å²) in [7, 11) is 0. The van der Waals surface area contributed by atoms with E-state index in [2.05, 4.69) is 72.2 Å². The van der Waals surface area contributed by atoms with E-state index >= 15 is 0 Å². The second-order valence-electron chi connectivity index (χ2n) is 7.71. The molecule has 30 heavy (non-hydrogen) atoms. The van der Waals surface area contributed by atoms with Crippen LogP contribution in [0, 0.1) is 0 Å². The molecule has 2 N–H and O–H groups in total. The minimum atomic E-state index is 0.758. The number of anilines is 1. The van der Waals surface area contributed by atoms with Gasteiger partial charge in [0.2, 0.25) is 0 Å². The molecule has 2 aliphatic heterocycles. The van der Waals surface area contributed by atoms with Gasteiger partial charge in [-0.3, -0.25) is 4.90 Å². The van der Waals surface area contributed by atoms with Crippen molar-refractivity contribution in [2.24, 2.45) is 5.73 Å². The summed E-state index contributed by atoms with van der Waals surface area (Å²) >= 11 is 0. The van der Waals surface area contributed by atoms with Gasteiger partial charge in [-0.1, -0.05) is 61.2 Å². The molecule has 0 radical (unpaired) electrons. The topological polar surface area (TPSA) is 42.4 Å². The van der Waals surface area contributed by atoms with Gasteiger partial charge < -0.3 is 10.2 Å². The van der Waals surface area contributed by atoms with Crippen LogP contribution in [0.1, 0.15) is 12.0 Å². The van der Waals surface area contributed by atoms with E-state index < -0.39 is 0 Å². The molecule has 0 unspecified atom stereocenters. The van der Waals surface area contributed by atoms with Gasteiger partial charge in [-0.05, 0) is 47.9 Å². The Labute approximate surface area is 174 Å². The van der Waals surface area contributed by atoms with Gasteiger partial charge in [-0.25, -0.2) is 0 Å². The molecule has 6 rings (SSSR count). The van der Waals surface area contributed by atoms with Crippen LogP contribution in [0.15, 0.2) is 119 Å². The Hall–Kier alpha value is -3.98. The second-order valence-corrected chi connectivity index (χ2v) is 7.71. The summed E-state index contributed by atoms with van der Waals surface area (Å²) < 4.78 is 6.10. The van der Waals surface area contributed by atoms with Crippen molar-refractivity contribution in [2.75, 3.05) is 4.90 Å². The zero-order chi connectivity index (χ0) is 20.2. The molecule has 3 heteroatoms. The van der Waals surface area contributed by atoms with Crippen LogP contribution in [0.4, 0.5) is 5.69 Å². The molecule has 2 aromatic carbocycles. The van der Waals surface area contributed by atoms with Gasteiger partial charge in [0.25, 0.3) is 0 Å². The molecule has 0 amide bonds. The van der Waals surface area contributed by atoms with Gasteiger partial charge in [0.15, 0.2) is 0 Å². The zero-order valence-corrected chi connectivity index (χ0v) is 16.4. The first-order valence-electron chi connectivity index (χ1n) is 10.1. The minimum Gasteiger partial charge on any atom is -0.456 e. The molecule has 0 bridgehead atoms. The third-order valence-electron chi connectivity index (χ3n) is 5.91. The fraction of sp³-hybridized carbons (Fsp3) is 0.0370. The molecule has 1 aliphatic carbocycles. The van der Waals surface area contributed by atoms with E-state index in [1.807, 2.05) is 24.3 Å². The number of hydrogen-bond donors (Lipinski definition) is 1. The molecule has 0 spiro atoms. The summed E-state index contributed by atoms with van der Waals surface area (Å²) in [6, 6.07) is 12.2. The van der Waals surface area contributed by atoms with E-state index in [4.69, 9.17) is 10.2 Å². The lowest BCUT2D eigenvalue weighted by Crippen LogP contribution is -2.39. The van der Waals surface area contributed by atoms with Gasteiger partial charge >= 0.3 is 0 Å². The highest BCUT2D eigenvalue weighted by molar-refractivity contribution is 6.14. The quantitative estimate of drug-likeness (QED) is 0.518. The zero-order valence-electron chi connectivity index (χ0n) is 16.4. The Morgan fingerprint density at radius 2 is 1.90 bits per heavy atom. The molecule has 0 fully saturated rings. The predicted molar refractivity (Wildman–Crippen MR) is 125 cm³/mol. The van der Waals surface area contributed by atoms with Crippen LogP contribution in [0.25, 0.3) is 27.5 Å². The maximum absolute atomic E-state index is 6.61. The highest BCUT2D eigenvalue weighted by atomic mass is 16.3. The standard InChI is InChI=1S/C27H20N2O/c1-17-8-7-12-21-20(16-18-9-3-2-4-10-18)27(28)29(21)22-14-15-24-26(25(17)22)19-11-5-6-13-23(19)30-24/h2-9,11-16H,1,10,28H2/b8-7-,18-16-,21-12-. The monoisotopic (exact) mass is 388 g/mol. The van der Waals surface area contributed by atoms with Crippen molar-refractivity contribution in [3.8, 4) is 0 Å². The summed E-state index contributed by atoms with van der Waals surface area (Å²) in [4.78, 5) is 2.12. The van der Waals surface area contributed by atoms with E-state index in [9.17, 15) is 0 Å². The van der Waals surface area contributed by atoms with Gasteiger partial charge in [0, 0.05) is 21.9 Å². The molecule has 3 aliphatic rings. The van der Waals surface area contributed by atoms with Crippen LogP contribution >= 0.6 is 0 Å². The fourth-order valence-corrected chi connectivity index (χ4v) is 4.50. The van der Waals surface area contributed by atoms with Crippen LogP contribution in [0.5, 0.6) is 0 Å². The predicted octanol–water partition coefficient (Wildman–Crippen LogP) is 6.49. The second kappa shape index (κ2) is 6.26. The third kappa shape index (κ3) is 2.32. The Bertz CT molecular complexity index is 1440. The van der Waals surface area contributed by atoms with Crippen molar-refractivity contribution in [1.29, 1.82) is 0 Å². The highest BCUT2D eigenvalue weighted by Gasteiger charge is 2.33. The van der Waals surface area contributed by atoms with Crippen molar-refractivity contribution >= 4 is 33.2 Å². The number of para-hydroxylation sites is 1. The summed E-state index contributed by atoms with van der Waals surface area (Å²) in [6.07, 6.45) is 17.8. The first kappa shape index (κ1) is 16.9. The van der Waals surface area contributed by atoms with Crippen molar-refractivity contribution in [3.05, 3.63) is 120 Å². The maximum atomic E-state index is 6.61. The molecule has 144 valence electrons. The van der Waals surface area contributed by atoms with Crippen LogP contribution in [-0.2, 0) is 0 Å². The van der Waals surface area contributed by atoms with Gasteiger partial charge in [0.1, 0.15) is 17.0 Å². The molecule has 0 saturated carbocycles. The van der Waals surface area contributed by atoms with Crippen molar-refractivity contribution in [2.45, 2.75) is 6.42 Å². The fourth-order valence-electron chi connectivity index (χ4n) is 4.50. The minimum absolute atomic E-state index is 0.758. The normalized spacial score (nSPS) is 21.9. The number of benzene rings is 2. The first-order chi connectivity index (χ1) is 14.7. The number of rotatable bonds is 1. The summed E-state index contributed by atoms with van der Waals surface area (Å²) in [6.45, 7) is 4.35. The molecular weight excluding hydrogens is 368 g/mol. The number of hydrogen-bond acceptors (Lipinski definition) is 3. The number of allylic oxidation sites excluding steroid dienone is 10. The molecule has 3 aromatic rings. The lowest BCUT2D eigenvalue weighted by molar-refractivity contribution is 0.669. The van der Waals surface area contributed by atoms with Crippen LogP contribution in [0.3, 0.4) is 0 Å². The van der Waals surface area contributed by atoms with Crippen molar-refractivity contribution in [1.82, 2.24) is 0 Å². The number of furan rings is 1. The molecule has 0 atom stereocenters. The maximum Gasteiger partial charge on any atom is 0.136 e. The van der Waals surface area contributed by atoms with E-state index in [-0.39, 0.29) is 0 Å². The van der Waals surface area contributed by atoms with E-state index in [1.54, 1.807) is 0 Å². The molecule has 1 aromatic heterocycles. The molecule has 3 heterocycles. The average molecular weight is 388 g/mol. The Balaban J connectivity index is 1.59. The van der Waals surface area contributed by atoms with Gasteiger partial charge in [-0.2, -0.15) is 0 Å². The van der Waals surface area contributed by atoms with E-state index in [0.29, 0.717) is 0 Å². The summed E-state index contributed by atoms with van der Waals surface area (Å²) in [5.74, 6) is 0.758. The lowest BCUT2D eigenvalue weighted by Gasteiger charge is -2.40. The van der Waals surface area contributed by atoms with Crippen molar-refractivity contribution < 1.29 is 4.42 Å². The Kier molecular flexibility index (Phi) is 3.53.